The largest absolute Gasteiger partial charge is 0.466 e. The minimum atomic E-state index is -0.695. The molecular weight excluding hydrogens is 743 g/mol. The van der Waals surface area contributed by atoms with Crippen LogP contribution in [0.1, 0.15) is 284 Å². The molecule has 0 aromatic carbocycles. The van der Waals surface area contributed by atoms with Gasteiger partial charge in [-0.1, -0.05) is 224 Å². The fraction of sp³-hybridized carbons (Fsp3) is 0.889. The SMILES string of the molecule is CCCCCCCCC/C=C\CCCCCCCCCC(=O)OCCCCCC/C=C\CCCC(=O)NC(CO)C(O)CCCCCCCCCCCCCCCCCC. The molecule has 0 aromatic rings. The van der Waals surface area contributed by atoms with Crippen molar-refractivity contribution in [1.82, 2.24) is 5.32 Å². The Morgan fingerprint density at radius 3 is 1.22 bits per heavy atom. The predicted molar refractivity (Wildman–Crippen MR) is 260 cm³/mol. The van der Waals surface area contributed by atoms with Crippen LogP contribution in [0.15, 0.2) is 24.3 Å². The van der Waals surface area contributed by atoms with E-state index in [0.29, 0.717) is 25.9 Å². The van der Waals surface area contributed by atoms with Gasteiger partial charge in [-0.3, -0.25) is 9.59 Å². The summed E-state index contributed by atoms with van der Waals surface area (Å²) in [4.78, 5) is 24.5. The van der Waals surface area contributed by atoms with E-state index < -0.39 is 12.1 Å². The van der Waals surface area contributed by atoms with E-state index in [1.165, 1.54) is 180 Å². The number of amides is 1. The van der Waals surface area contributed by atoms with Gasteiger partial charge in [0, 0.05) is 12.8 Å². The van der Waals surface area contributed by atoms with Crippen molar-refractivity contribution in [2.45, 2.75) is 296 Å². The fourth-order valence-corrected chi connectivity index (χ4v) is 8.11. The minimum Gasteiger partial charge on any atom is -0.466 e. The predicted octanol–water partition coefficient (Wildman–Crippen LogP) is 15.9. The first-order valence-corrected chi connectivity index (χ1v) is 26.6. The number of ether oxygens (including phenoxy) is 1. The zero-order chi connectivity index (χ0) is 43.7. The highest BCUT2D eigenvalue weighted by molar-refractivity contribution is 5.76. The molecule has 2 unspecified atom stereocenters. The lowest BCUT2D eigenvalue weighted by atomic mass is 10.0. The van der Waals surface area contributed by atoms with Crippen LogP contribution in [0.4, 0.5) is 0 Å². The summed E-state index contributed by atoms with van der Waals surface area (Å²) in [7, 11) is 0. The van der Waals surface area contributed by atoms with E-state index in [4.69, 9.17) is 4.74 Å². The highest BCUT2D eigenvalue weighted by Gasteiger charge is 2.20. The Morgan fingerprint density at radius 2 is 0.800 bits per heavy atom. The number of carbonyl (C=O) groups excluding carboxylic acids is 2. The molecule has 0 radical (unpaired) electrons. The first-order valence-electron chi connectivity index (χ1n) is 26.6. The summed E-state index contributed by atoms with van der Waals surface area (Å²) < 4.78 is 5.45. The maximum atomic E-state index is 12.4. The number of hydrogen-bond donors (Lipinski definition) is 3. The standard InChI is InChI=1S/C54H103NO5/c1-3-5-7-9-11-13-15-17-19-21-22-24-26-28-32-36-40-44-48-54(59)60-49-45-41-37-33-29-31-35-39-43-47-53(58)55-51(50-56)52(57)46-42-38-34-30-27-25-23-20-18-16-14-12-10-8-6-4-2/h19,21,31,35,51-52,56-57H,3-18,20,22-30,32-34,36-50H2,1-2H3,(H,55,58)/b21-19-,35-31-. The zero-order valence-electron chi connectivity index (χ0n) is 40.2. The van der Waals surface area contributed by atoms with Crippen LogP contribution in [0.3, 0.4) is 0 Å². The smallest absolute Gasteiger partial charge is 0.305 e. The topological polar surface area (TPSA) is 95.9 Å². The highest BCUT2D eigenvalue weighted by atomic mass is 16.5. The van der Waals surface area contributed by atoms with Gasteiger partial charge in [0.25, 0.3) is 0 Å². The van der Waals surface area contributed by atoms with Gasteiger partial charge >= 0.3 is 5.97 Å². The third-order valence-corrected chi connectivity index (χ3v) is 12.2. The first-order chi connectivity index (χ1) is 29.5. The second-order valence-corrected chi connectivity index (χ2v) is 18.2. The summed E-state index contributed by atoms with van der Waals surface area (Å²) in [5.41, 5.74) is 0. The van der Waals surface area contributed by atoms with Crippen molar-refractivity contribution in [3.63, 3.8) is 0 Å². The molecule has 0 spiro atoms. The summed E-state index contributed by atoms with van der Waals surface area (Å²) in [6, 6.07) is -0.579. The van der Waals surface area contributed by atoms with Crippen LogP contribution >= 0.6 is 0 Å². The van der Waals surface area contributed by atoms with E-state index >= 15 is 0 Å². The van der Waals surface area contributed by atoms with Gasteiger partial charge < -0.3 is 20.3 Å². The lowest BCUT2D eigenvalue weighted by Crippen LogP contribution is -2.45. The van der Waals surface area contributed by atoms with E-state index in [0.717, 1.165) is 70.6 Å². The van der Waals surface area contributed by atoms with Crippen LogP contribution in [-0.4, -0.2) is 47.4 Å². The molecule has 0 saturated heterocycles. The van der Waals surface area contributed by atoms with Gasteiger partial charge in [-0.05, 0) is 70.6 Å². The fourth-order valence-electron chi connectivity index (χ4n) is 8.11. The molecule has 2 atom stereocenters. The summed E-state index contributed by atoms with van der Waals surface area (Å²) >= 11 is 0. The van der Waals surface area contributed by atoms with Crippen molar-refractivity contribution in [2.24, 2.45) is 0 Å². The minimum absolute atomic E-state index is 0.0384. The molecule has 0 aliphatic heterocycles. The molecule has 3 N–H and O–H groups in total. The van der Waals surface area contributed by atoms with Crippen LogP contribution in [0.25, 0.3) is 0 Å². The van der Waals surface area contributed by atoms with Gasteiger partial charge in [-0.25, -0.2) is 0 Å². The Morgan fingerprint density at radius 1 is 0.450 bits per heavy atom. The van der Waals surface area contributed by atoms with Crippen molar-refractivity contribution >= 4 is 11.9 Å². The Labute approximate surface area is 373 Å². The molecular formula is C54H103NO5. The summed E-state index contributed by atoms with van der Waals surface area (Å²) in [6.45, 7) is 4.87. The Kier molecular flexibility index (Phi) is 48.6. The number of esters is 1. The summed E-state index contributed by atoms with van der Waals surface area (Å²) in [5, 5.41) is 23.2. The lowest BCUT2D eigenvalue weighted by Gasteiger charge is -2.22. The van der Waals surface area contributed by atoms with Crippen molar-refractivity contribution < 1.29 is 24.5 Å². The molecule has 0 aliphatic carbocycles. The van der Waals surface area contributed by atoms with Gasteiger partial charge in [0.05, 0.1) is 25.4 Å². The molecule has 354 valence electrons. The van der Waals surface area contributed by atoms with Crippen LogP contribution < -0.4 is 5.32 Å². The molecule has 60 heavy (non-hydrogen) atoms. The molecule has 1 amide bonds. The quantitative estimate of drug-likeness (QED) is 0.0322. The zero-order valence-corrected chi connectivity index (χ0v) is 40.2. The van der Waals surface area contributed by atoms with Crippen molar-refractivity contribution in [2.75, 3.05) is 13.2 Å². The molecule has 0 aromatic heterocycles. The molecule has 0 aliphatic rings. The molecule has 6 heteroatoms. The maximum Gasteiger partial charge on any atom is 0.305 e. The molecule has 0 heterocycles. The van der Waals surface area contributed by atoms with Crippen LogP contribution in [0.5, 0.6) is 0 Å². The number of aliphatic hydroxyl groups is 2. The monoisotopic (exact) mass is 846 g/mol. The number of hydrogen-bond acceptors (Lipinski definition) is 5. The number of unbranched alkanes of at least 4 members (excludes halogenated alkanes) is 34. The third-order valence-electron chi connectivity index (χ3n) is 12.2. The van der Waals surface area contributed by atoms with Crippen molar-refractivity contribution in [3.05, 3.63) is 24.3 Å². The summed E-state index contributed by atoms with van der Waals surface area (Å²) in [6.07, 6.45) is 58.7. The molecule has 0 saturated carbocycles. The van der Waals surface area contributed by atoms with E-state index in [-0.39, 0.29) is 18.5 Å². The van der Waals surface area contributed by atoms with E-state index in [9.17, 15) is 19.8 Å². The van der Waals surface area contributed by atoms with E-state index in [2.05, 4.69) is 43.5 Å². The lowest BCUT2D eigenvalue weighted by molar-refractivity contribution is -0.143. The van der Waals surface area contributed by atoms with Crippen LogP contribution in [-0.2, 0) is 14.3 Å². The average Bonchev–Trinajstić information content (AvgIpc) is 3.25. The van der Waals surface area contributed by atoms with Gasteiger partial charge in [0.2, 0.25) is 5.91 Å². The van der Waals surface area contributed by atoms with Gasteiger partial charge in [-0.15, -0.1) is 0 Å². The third kappa shape index (κ3) is 45.9. The van der Waals surface area contributed by atoms with E-state index in [1.54, 1.807) is 0 Å². The number of aliphatic hydroxyl groups excluding tert-OH is 2. The van der Waals surface area contributed by atoms with E-state index in [1.807, 2.05) is 0 Å². The van der Waals surface area contributed by atoms with Crippen molar-refractivity contribution in [1.29, 1.82) is 0 Å². The second-order valence-electron chi connectivity index (χ2n) is 18.2. The maximum absolute atomic E-state index is 12.4. The highest BCUT2D eigenvalue weighted by Crippen LogP contribution is 2.16. The number of rotatable bonds is 49. The first kappa shape index (κ1) is 58.3. The second kappa shape index (κ2) is 50.0. The normalized spacial score (nSPS) is 12.8. The summed E-state index contributed by atoms with van der Waals surface area (Å²) in [5.74, 6) is -0.133. The Balaban J connectivity index is 3.52. The van der Waals surface area contributed by atoms with Gasteiger partial charge in [0.15, 0.2) is 0 Å². The number of carbonyl (C=O) groups is 2. The molecule has 0 rings (SSSR count). The number of allylic oxidation sites excluding steroid dienone is 4. The Hall–Kier alpha value is -1.66. The van der Waals surface area contributed by atoms with Crippen LogP contribution in [0, 0.1) is 0 Å². The molecule has 0 fully saturated rings. The average molecular weight is 846 g/mol. The van der Waals surface area contributed by atoms with Crippen molar-refractivity contribution in [3.8, 4) is 0 Å². The van der Waals surface area contributed by atoms with Gasteiger partial charge in [-0.2, -0.15) is 0 Å². The number of nitrogens with one attached hydrogen (secondary N) is 1. The van der Waals surface area contributed by atoms with Crippen LogP contribution in [0.2, 0.25) is 0 Å². The molecule has 0 bridgehead atoms. The van der Waals surface area contributed by atoms with Gasteiger partial charge in [0.1, 0.15) is 0 Å². The Bertz CT molecular complexity index is 935. The molecule has 6 nitrogen and oxygen atoms in total.